The second kappa shape index (κ2) is 7.39. The predicted molar refractivity (Wildman–Crippen MR) is 91.7 cm³/mol. The van der Waals surface area contributed by atoms with Gasteiger partial charge in [-0.2, -0.15) is 0 Å². The Morgan fingerprint density at radius 1 is 1.24 bits per heavy atom. The van der Waals surface area contributed by atoms with Crippen molar-refractivity contribution in [1.82, 2.24) is 10.2 Å². The molecular formula is C18H24FN3O3. The molecule has 0 aromatic heterocycles. The minimum atomic E-state index is -0.329. The van der Waals surface area contributed by atoms with E-state index in [1.165, 1.54) is 19.1 Å². The van der Waals surface area contributed by atoms with Crippen LogP contribution in [-0.4, -0.2) is 48.2 Å². The number of likely N-dealkylation sites (tertiary alicyclic amines) is 1. The minimum absolute atomic E-state index is 0.0446. The number of anilines is 1. The number of rotatable bonds is 3. The number of nitrogens with one attached hydrogen (secondary N) is 2. The van der Waals surface area contributed by atoms with E-state index in [4.69, 9.17) is 4.74 Å². The Balaban J connectivity index is 1.47. The molecule has 1 aromatic rings. The van der Waals surface area contributed by atoms with Gasteiger partial charge in [-0.15, -0.1) is 0 Å². The van der Waals surface area contributed by atoms with Crippen molar-refractivity contribution in [2.45, 2.75) is 44.3 Å². The lowest BCUT2D eigenvalue weighted by molar-refractivity contribution is -0.120. The van der Waals surface area contributed by atoms with Crippen LogP contribution in [0.3, 0.4) is 0 Å². The third kappa shape index (κ3) is 4.48. The molecule has 6 nitrogen and oxygen atoms in total. The van der Waals surface area contributed by atoms with E-state index in [2.05, 4.69) is 10.6 Å². The number of urea groups is 1. The lowest BCUT2D eigenvalue weighted by Gasteiger charge is -2.39. The van der Waals surface area contributed by atoms with E-state index < -0.39 is 0 Å². The molecule has 3 amide bonds. The van der Waals surface area contributed by atoms with E-state index in [1.54, 1.807) is 17.0 Å². The summed E-state index contributed by atoms with van der Waals surface area (Å²) in [6, 6.07) is 5.57. The number of amides is 3. The molecule has 1 spiro atoms. The first kappa shape index (κ1) is 17.7. The Kier molecular flexibility index (Phi) is 5.22. The Morgan fingerprint density at radius 3 is 2.56 bits per heavy atom. The zero-order valence-corrected chi connectivity index (χ0v) is 14.4. The van der Waals surface area contributed by atoms with Crippen molar-refractivity contribution in [3.8, 4) is 0 Å². The van der Waals surface area contributed by atoms with Gasteiger partial charge in [0, 0.05) is 32.2 Å². The van der Waals surface area contributed by atoms with Gasteiger partial charge >= 0.3 is 6.03 Å². The van der Waals surface area contributed by atoms with Crippen LogP contribution >= 0.6 is 0 Å². The molecule has 1 aromatic carbocycles. The monoisotopic (exact) mass is 349 g/mol. The second-order valence-electron chi connectivity index (χ2n) is 6.82. The smallest absolute Gasteiger partial charge is 0.321 e. The van der Waals surface area contributed by atoms with Gasteiger partial charge in [-0.1, -0.05) is 0 Å². The molecule has 3 rings (SSSR count). The topological polar surface area (TPSA) is 70.7 Å². The summed E-state index contributed by atoms with van der Waals surface area (Å²) in [5.41, 5.74) is 0.412. The fraction of sp³-hybridized carbons (Fsp3) is 0.556. The van der Waals surface area contributed by atoms with Crippen molar-refractivity contribution in [3.63, 3.8) is 0 Å². The van der Waals surface area contributed by atoms with Crippen molar-refractivity contribution in [2.24, 2.45) is 0 Å². The first-order chi connectivity index (χ1) is 12.0. The summed E-state index contributed by atoms with van der Waals surface area (Å²) in [7, 11) is 0. The molecule has 0 aliphatic carbocycles. The predicted octanol–water partition coefficient (Wildman–Crippen LogP) is 2.51. The van der Waals surface area contributed by atoms with E-state index in [0.29, 0.717) is 25.3 Å². The van der Waals surface area contributed by atoms with Crippen LogP contribution < -0.4 is 10.6 Å². The summed E-state index contributed by atoms with van der Waals surface area (Å²) in [5.74, 6) is -0.373. The largest absolute Gasteiger partial charge is 0.370 e. The summed E-state index contributed by atoms with van der Waals surface area (Å²) in [6.45, 7) is 3.30. The molecule has 2 aliphatic rings. The molecule has 136 valence electrons. The number of halogens is 1. The van der Waals surface area contributed by atoms with E-state index in [-0.39, 0.29) is 29.5 Å². The fourth-order valence-electron chi connectivity index (χ4n) is 3.52. The number of hydrogen-bond acceptors (Lipinski definition) is 3. The summed E-state index contributed by atoms with van der Waals surface area (Å²) in [5, 5.41) is 5.59. The first-order valence-electron chi connectivity index (χ1n) is 8.70. The molecule has 0 radical (unpaired) electrons. The van der Waals surface area contributed by atoms with E-state index >= 15 is 0 Å². The molecule has 0 saturated carbocycles. The quantitative estimate of drug-likeness (QED) is 0.881. The molecular weight excluding hydrogens is 325 g/mol. The van der Waals surface area contributed by atoms with Crippen molar-refractivity contribution in [2.75, 3.05) is 25.0 Å². The summed E-state index contributed by atoms with van der Waals surface area (Å²) in [4.78, 5) is 25.1. The van der Waals surface area contributed by atoms with Gasteiger partial charge in [0.1, 0.15) is 5.82 Å². The van der Waals surface area contributed by atoms with Gasteiger partial charge in [-0.05, 0) is 49.9 Å². The molecule has 2 fully saturated rings. The molecule has 0 bridgehead atoms. The zero-order chi connectivity index (χ0) is 17.9. The number of carbonyl (C=O) groups excluding carboxylic acids is 2. The SMILES string of the molecule is CC(=O)NC[C@H]1CCC2(CCN(C(=O)Nc3ccc(F)cc3)CC2)O1. The summed E-state index contributed by atoms with van der Waals surface area (Å²) >= 11 is 0. The highest BCUT2D eigenvalue weighted by molar-refractivity contribution is 5.89. The van der Waals surface area contributed by atoms with Crippen molar-refractivity contribution < 1.29 is 18.7 Å². The van der Waals surface area contributed by atoms with Gasteiger partial charge < -0.3 is 20.3 Å². The number of piperidine rings is 1. The van der Waals surface area contributed by atoms with Crippen LogP contribution in [0.25, 0.3) is 0 Å². The van der Waals surface area contributed by atoms with Crippen LogP contribution in [-0.2, 0) is 9.53 Å². The Hall–Kier alpha value is -2.15. The molecule has 2 heterocycles. The van der Waals surface area contributed by atoms with Crippen LogP contribution in [0, 0.1) is 5.82 Å². The van der Waals surface area contributed by atoms with Gasteiger partial charge in [-0.3, -0.25) is 4.79 Å². The van der Waals surface area contributed by atoms with Crippen LogP contribution in [0.2, 0.25) is 0 Å². The highest BCUT2D eigenvalue weighted by Gasteiger charge is 2.43. The Bertz CT molecular complexity index is 627. The number of benzene rings is 1. The van der Waals surface area contributed by atoms with Crippen LogP contribution in [0.15, 0.2) is 24.3 Å². The van der Waals surface area contributed by atoms with Crippen LogP contribution in [0.1, 0.15) is 32.6 Å². The third-order valence-electron chi connectivity index (χ3n) is 4.97. The molecule has 2 saturated heterocycles. The molecule has 2 N–H and O–H groups in total. The number of nitrogens with zero attached hydrogens (tertiary/aromatic N) is 1. The van der Waals surface area contributed by atoms with Crippen molar-refractivity contribution in [1.29, 1.82) is 0 Å². The van der Waals surface area contributed by atoms with Gasteiger partial charge in [0.25, 0.3) is 0 Å². The average molecular weight is 349 g/mol. The maximum Gasteiger partial charge on any atom is 0.321 e. The molecule has 1 atom stereocenters. The first-order valence-corrected chi connectivity index (χ1v) is 8.70. The number of ether oxygens (including phenoxy) is 1. The average Bonchev–Trinajstić information content (AvgIpc) is 2.98. The molecule has 25 heavy (non-hydrogen) atoms. The van der Waals surface area contributed by atoms with Gasteiger partial charge in [0.15, 0.2) is 0 Å². The third-order valence-corrected chi connectivity index (χ3v) is 4.97. The van der Waals surface area contributed by atoms with Gasteiger partial charge in [-0.25, -0.2) is 9.18 Å². The summed E-state index contributed by atoms with van der Waals surface area (Å²) < 4.78 is 19.1. The van der Waals surface area contributed by atoms with Crippen LogP contribution in [0.4, 0.5) is 14.9 Å². The number of hydrogen-bond donors (Lipinski definition) is 2. The van der Waals surface area contributed by atoms with E-state index in [0.717, 1.165) is 25.7 Å². The standard InChI is InChI=1S/C18H24FN3O3/c1-13(23)20-12-16-6-7-18(25-16)8-10-22(11-9-18)17(24)21-15-4-2-14(19)3-5-15/h2-5,16H,6-12H2,1H3,(H,20,23)(H,21,24)/t16-/m1/s1. The normalized spacial score (nSPS) is 22.0. The van der Waals surface area contributed by atoms with E-state index in [1.807, 2.05) is 0 Å². The number of carbonyl (C=O) groups is 2. The van der Waals surface area contributed by atoms with Gasteiger partial charge in [0.2, 0.25) is 5.91 Å². The van der Waals surface area contributed by atoms with Gasteiger partial charge in [0.05, 0.1) is 11.7 Å². The molecule has 2 aliphatic heterocycles. The van der Waals surface area contributed by atoms with Crippen molar-refractivity contribution >= 4 is 17.6 Å². The fourth-order valence-corrected chi connectivity index (χ4v) is 3.52. The lowest BCUT2D eigenvalue weighted by Crippen LogP contribution is -2.48. The highest BCUT2D eigenvalue weighted by atomic mass is 19.1. The minimum Gasteiger partial charge on any atom is -0.370 e. The molecule has 7 heteroatoms. The highest BCUT2D eigenvalue weighted by Crippen LogP contribution is 2.38. The zero-order valence-electron chi connectivity index (χ0n) is 14.4. The second-order valence-corrected chi connectivity index (χ2v) is 6.82. The van der Waals surface area contributed by atoms with Crippen LogP contribution in [0.5, 0.6) is 0 Å². The summed E-state index contributed by atoms with van der Waals surface area (Å²) in [6.07, 6.45) is 3.54. The lowest BCUT2D eigenvalue weighted by atomic mass is 9.88. The van der Waals surface area contributed by atoms with Crippen molar-refractivity contribution in [3.05, 3.63) is 30.1 Å². The Morgan fingerprint density at radius 2 is 1.92 bits per heavy atom. The maximum absolute atomic E-state index is 12.9. The Labute approximate surface area is 146 Å². The molecule has 0 unspecified atom stereocenters. The van der Waals surface area contributed by atoms with E-state index in [9.17, 15) is 14.0 Å². The maximum atomic E-state index is 12.9.